The van der Waals surface area contributed by atoms with E-state index in [-0.39, 0.29) is 23.4 Å². The largest absolute Gasteiger partial charge is 0.495 e. The molecular formula is C21H16ClN3O6. The van der Waals surface area contributed by atoms with Gasteiger partial charge in [-0.2, -0.15) is 5.26 Å². The summed E-state index contributed by atoms with van der Waals surface area (Å²) in [4.78, 5) is 25.5. The maximum absolute atomic E-state index is 12.2. The zero-order valence-corrected chi connectivity index (χ0v) is 17.2. The molecule has 9 nitrogen and oxygen atoms in total. The molecule has 1 aromatic carbocycles. The Labute approximate surface area is 181 Å². The van der Waals surface area contributed by atoms with Gasteiger partial charge in [0.05, 0.1) is 29.2 Å². The van der Waals surface area contributed by atoms with Crippen LogP contribution in [0.1, 0.15) is 22.6 Å². The fourth-order valence-electron chi connectivity index (χ4n) is 2.98. The summed E-state index contributed by atoms with van der Waals surface area (Å²) in [6.07, 6.45) is 2.80. The van der Waals surface area contributed by atoms with E-state index in [1.165, 1.54) is 26.4 Å². The minimum absolute atomic E-state index is 0.0773. The average Bonchev–Trinajstić information content (AvgIpc) is 3.21. The molecule has 0 atom stereocenters. The predicted molar refractivity (Wildman–Crippen MR) is 114 cm³/mol. The highest BCUT2D eigenvalue weighted by Crippen LogP contribution is 2.32. The van der Waals surface area contributed by atoms with Gasteiger partial charge in [-0.05, 0) is 42.5 Å². The van der Waals surface area contributed by atoms with Gasteiger partial charge < -0.3 is 18.9 Å². The number of aromatic nitrogens is 1. The topological polar surface area (TPSA) is 131 Å². The molecule has 31 heavy (non-hydrogen) atoms. The Balaban J connectivity index is 1.99. The second-order valence-electron chi connectivity index (χ2n) is 6.26. The highest BCUT2D eigenvalue weighted by Gasteiger charge is 2.25. The Kier molecular flexibility index (Phi) is 6.55. The van der Waals surface area contributed by atoms with Crippen LogP contribution in [0.5, 0.6) is 5.75 Å². The fraction of sp³-hybridized carbons (Fsp3) is 0.143. The first-order chi connectivity index (χ1) is 14.9. The van der Waals surface area contributed by atoms with Gasteiger partial charge in [0, 0.05) is 12.7 Å². The third kappa shape index (κ3) is 4.50. The Bertz CT molecular complexity index is 1270. The Morgan fingerprint density at radius 2 is 2.06 bits per heavy atom. The lowest BCUT2D eigenvalue weighted by atomic mass is 10.1. The SMILES string of the molecule is COCc1c([N+](=O)[O-])c(/C=C/c2ccc(-c3ccc(OC)c(Cl)c3)o2)[nH]c(=O)c1C#N. The zero-order valence-electron chi connectivity index (χ0n) is 16.5. The monoisotopic (exact) mass is 441 g/mol. The summed E-state index contributed by atoms with van der Waals surface area (Å²) in [7, 11) is 2.83. The summed E-state index contributed by atoms with van der Waals surface area (Å²) in [5, 5.41) is 21.2. The molecule has 0 spiro atoms. The average molecular weight is 442 g/mol. The van der Waals surface area contributed by atoms with E-state index in [0.29, 0.717) is 27.9 Å². The van der Waals surface area contributed by atoms with Crippen LogP contribution in [0.4, 0.5) is 5.69 Å². The quantitative estimate of drug-likeness (QED) is 0.424. The van der Waals surface area contributed by atoms with Crippen LogP contribution in [0.15, 0.2) is 39.5 Å². The molecule has 0 fully saturated rings. The van der Waals surface area contributed by atoms with E-state index >= 15 is 0 Å². The number of H-pyrrole nitrogens is 1. The van der Waals surface area contributed by atoms with Crippen molar-refractivity contribution in [3.63, 3.8) is 0 Å². The number of nitrogens with one attached hydrogen (secondary N) is 1. The van der Waals surface area contributed by atoms with Crippen molar-refractivity contribution in [1.82, 2.24) is 4.98 Å². The number of nitro groups is 1. The highest BCUT2D eigenvalue weighted by atomic mass is 35.5. The molecule has 0 unspecified atom stereocenters. The first-order valence-electron chi connectivity index (χ1n) is 8.84. The van der Waals surface area contributed by atoms with Gasteiger partial charge in [-0.25, -0.2) is 0 Å². The molecule has 0 amide bonds. The van der Waals surface area contributed by atoms with Gasteiger partial charge in [0.15, 0.2) is 0 Å². The van der Waals surface area contributed by atoms with Crippen LogP contribution >= 0.6 is 11.6 Å². The summed E-state index contributed by atoms with van der Waals surface area (Å²) in [5.41, 5.74) is -0.971. The molecule has 0 radical (unpaired) electrons. The van der Waals surface area contributed by atoms with Crippen molar-refractivity contribution >= 4 is 29.4 Å². The van der Waals surface area contributed by atoms with Crippen molar-refractivity contribution in [3.8, 4) is 23.1 Å². The number of pyridine rings is 1. The number of halogens is 1. The number of nitriles is 1. The Morgan fingerprint density at radius 3 is 2.68 bits per heavy atom. The number of furan rings is 1. The molecule has 1 N–H and O–H groups in total. The lowest BCUT2D eigenvalue weighted by molar-refractivity contribution is -0.386. The smallest absolute Gasteiger partial charge is 0.299 e. The standard InChI is InChI=1S/C21H16ClN3O6/c1-29-11-15-14(10-23)21(26)24-17(20(15)25(27)28)6-4-13-5-8-18(31-13)12-3-7-19(30-2)16(22)9-12/h3-9H,11H2,1-2H3,(H,24,26)/b6-4+. The Morgan fingerprint density at radius 1 is 1.29 bits per heavy atom. The number of benzene rings is 1. The number of ether oxygens (including phenoxy) is 2. The summed E-state index contributed by atoms with van der Waals surface area (Å²) in [6.45, 7) is -0.257. The molecular weight excluding hydrogens is 426 g/mol. The third-order valence-electron chi connectivity index (χ3n) is 4.38. The van der Waals surface area contributed by atoms with Gasteiger partial charge in [0.1, 0.15) is 34.6 Å². The number of nitrogens with zero attached hydrogens (tertiary/aromatic N) is 2. The van der Waals surface area contributed by atoms with E-state index in [0.717, 1.165) is 0 Å². The zero-order chi connectivity index (χ0) is 22.5. The minimum Gasteiger partial charge on any atom is -0.495 e. The van der Waals surface area contributed by atoms with Gasteiger partial charge in [0.2, 0.25) is 0 Å². The first-order valence-corrected chi connectivity index (χ1v) is 9.21. The van der Waals surface area contributed by atoms with Crippen molar-refractivity contribution < 1.29 is 18.8 Å². The molecule has 2 aromatic heterocycles. The number of hydrogen-bond acceptors (Lipinski definition) is 7. The van der Waals surface area contributed by atoms with Crippen LogP contribution < -0.4 is 10.3 Å². The summed E-state index contributed by atoms with van der Waals surface area (Å²) >= 11 is 6.14. The molecule has 0 saturated heterocycles. The van der Waals surface area contributed by atoms with Gasteiger partial charge in [0.25, 0.3) is 11.2 Å². The van der Waals surface area contributed by atoms with Crippen LogP contribution in [0, 0.1) is 21.4 Å². The van der Waals surface area contributed by atoms with Crippen LogP contribution in [0.25, 0.3) is 23.5 Å². The molecule has 0 aliphatic carbocycles. The van der Waals surface area contributed by atoms with Crippen LogP contribution in [-0.2, 0) is 11.3 Å². The normalized spacial score (nSPS) is 10.9. The van der Waals surface area contributed by atoms with Gasteiger partial charge in [-0.15, -0.1) is 0 Å². The van der Waals surface area contributed by atoms with E-state index in [9.17, 15) is 20.2 Å². The van der Waals surface area contributed by atoms with Crippen molar-refractivity contribution in [2.45, 2.75) is 6.61 Å². The fourth-order valence-corrected chi connectivity index (χ4v) is 3.23. The highest BCUT2D eigenvalue weighted by molar-refractivity contribution is 6.32. The third-order valence-corrected chi connectivity index (χ3v) is 4.67. The van der Waals surface area contributed by atoms with Crippen LogP contribution in [-0.4, -0.2) is 24.1 Å². The van der Waals surface area contributed by atoms with Crippen molar-refractivity contribution in [1.29, 1.82) is 5.26 Å². The van der Waals surface area contributed by atoms with Crippen molar-refractivity contribution in [2.75, 3.05) is 14.2 Å². The molecule has 158 valence electrons. The second-order valence-corrected chi connectivity index (χ2v) is 6.66. The molecule has 0 aliphatic heterocycles. The van der Waals surface area contributed by atoms with Gasteiger partial charge >= 0.3 is 0 Å². The number of aromatic amines is 1. The van der Waals surface area contributed by atoms with E-state index in [2.05, 4.69) is 4.98 Å². The number of hydrogen-bond donors (Lipinski definition) is 1. The summed E-state index contributed by atoms with van der Waals surface area (Å²) in [5.74, 6) is 1.43. The van der Waals surface area contributed by atoms with Crippen molar-refractivity contribution in [3.05, 3.63) is 78.4 Å². The summed E-state index contributed by atoms with van der Waals surface area (Å²) < 4.78 is 15.8. The molecule has 0 bridgehead atoms. The van der Waals surface area contributed by atoms with Gasteiger partial charge in [-0.3, -0.25) is 14.9 Å². The first kappa shape index (κ1) is 21.8. The predicted octanol–water partition coefficient (Wildman–Crippen LogP) is 4.39. The number of rotatable bonds is 7. The number of methoxy groups -OCH3 is 2. The van der Waals surface area contributed by atoms with E-state index in [1.807, 2.05) is 0 Å². The minimum atomic E-state index is -0.743. The molecule has 0 aliphatic rings. The van der Waals surface area contributed by atoms with Crippen LogP contribution in [0.3, 0.4) is 0 Å². The van der Waals surface area contributed by atoms with E-state index in [1.54, 1.807) is 36.4 Å². The van der Waals surface area contributed by atoms with Crippen molar-refractivity contribution in [2.24, 2.45) is 0 Å². The maximum atomic E-state index is 12.2. The Hall–Kier alpha value is -3.87. The maximum Gasteiger partial charge on any atom is 0.299 e. The lowest BCUT2D eigenvalue weighted by Gasteiger charge is -2.06. The molecule has 10 heteroatoms. The van der Waals surface area contributed by atoms with Gasteiger partial charge in [-0.1, -0.05) is 11.6 Å². The van der Waals surface area contributed by atoms with E-state index < -0.39 is 16.2 Å². The van der Waals surface area contributed by atoms with E-state index in [4.69, 9.17) is 25.5 Å². The molecule has 2 heterocycles. The molecule has 3 aromatic rings. The van der Waals surface area contributed by atoms with Crippen LogP contribution in [0.2, 0.25) is 5.02 Å². The molecule has 3 rings (SSSR count). The second kappa shape index (κ2) is 9.30. The lowest BCUT2D eigenvalue weighted by Crippen LogP contribution is -2.18. The summed E-state index contributed by atoms with van der Waals surface area (Å²) in [6, 6.07) is 10.2. The molecule has 0 saturated carbocycles.